The summed E-state index contributed by atoms with van der Waals surface area (Å²) in [5, 5.41) is 2.23. The third-order valence-electron chi connectivity index (χ3n) is 8.28. The van der Waals surface area contributed by atoms with Gasteiger partial charge in [-0.15, -0.1) is 0 Å². The predicted molar refractivity (Wildman–Crippen MR) is 205 cm³/mol. The standard InChI is InChI=1S/C33H64SSi6/c1-35(2,3)31(36(4,5)6)26-24-28(32(37(7,8)9)38(10,11)12)30(34-27-22-20-19-21-23-27)29(25-26)33(39(13,14)15)40(16,17)18/h19-25,31-33H,1-18H3. The second kappa shape index (κ2) is 12.2. The maximum absolute atomic E-state index is 2.82. The molecule has 0 atom stereocenters. The lowest BCUT2D eigenvalue weighted by Crippen LogP contribution is -2.49. The minimum absolute atomic E-state index is 0.734. The van der Waals surface area contributed by atoms with Gasteiger partial charge in [0.1, 0.15) is 0 Å². The SMILES string of the molecule is C[Si](C)(C)C(c1cc(C([Si](C)(C)C)[Si](C)(C)C)c(Sc2ccccc2)c(C([Si](C)(C)C)[Si](C)(C)C)c1)[Si](C)(C)C. The highest BCUT2D eigenvalue weighted by molar-refractivity contribution is 7.99. The van der Waals surface area contributed by atoms with Crippen molar-refractivity contribution in [2.45, 2.75) is 143 Å². The van der Waals surface area contributed by atoms with E-state index in [2.05, 4.69) is 172 Å². The molecule has 2 aromatic rings. The van der Waals surface area contributed by atoms with Gasteiger partial charge in [0.05, 0.1) is 0 Å². The van der Waals surface area contributed by atoms with Crippen LogP contribution in [0.2, 0.25) is 118 Å². The molecule has 0 aliphatic heterocycles. The van der Waals surface area contributed by atoms with E-state index in [1.165, 1.54) is 4.90 Å². The molecule has 226 valence electrons. The second-order valence-electron chi connectivity index (χ2n) is 18.9. The van der Waals surface area contributed by atoms with Crippen LogP contribution in [-0.4, -0.2) is 48.4 Å². The molecule has 0 aliphatic carbocycles. The van der Waals surface area contributed by atoms with Crippen molar-refractivity contribution in [1.82, 2.24) is 0 Å². The van der Waals surface area contributed by atoms with Crippen molar-refractivity contribution in [3.63, 3.8) is 0 Å². The molecule has 0 bridgehead atoms. The fraction of sp³-hybridized carbons (Fsp3) is 0.636. The van der Waals surface area contributed by atoms with Crippen molar-refractivity contribution in [2.24, 2.45) is 0 Å². The van der Waals surface area contributed by atoms with Crippen LogP contribution in [0.1, 0.15) is 32.2 Å². The van der Waals surface area contributed by atoms with Crippen molar-refractivity contribution in [3.05, 3.63) is 59.2 Å². The van der Waals surface area contributed by atoms with E-state index in [1.54, 1.807) is 21.6 Å². The summed E-state index contributed by atoms with van der Waals surface area (Å²) in [5.41, 5.74) is 5.23. The van der Waals surface area contributed by atoms with E-state index in [0.717, 1.165) is 15.5 Å². The third kappa shape index (κ3) is 9.05. The van der Waals surface area contributed by atoms with E-state index < -0.39 is 48.4 Å². The van der Waals surface area contributed by atoms with Gasteiger partial charge in [0.25, 0.3) is 0 Å². The fourth-order valence-electron chi connectivity index (χ4n) is 8.78. The first-order valence-corrected chi connectivity index (χ1v) is 37.9. The monoisotopic (exact) mass is 660 g/mol. The lowest BCUT2D eigenvalue weighted by atomic mass is 10.1. The van der Waals surface area contributed by atoms with Crippen molar-refractivity contribution in [2.75, 3.05) is 0 Å². The first kappa shape index (κ1) is 36.3. The number of benzene rings is 2. The average molecular weight is 661 g/mol. The highest BCUT2D eigenvalue weighted by atomic mass is 32.2. The molecule has 40 heavy (non-hydrogen) atoms. The number of hydrogen-bond acceptors (Lipinski definition) is 1. The largest absolute Gasteiger partial charge is 0.0895 e. The number of hydrogen-bond donors (Lipinski definition) is 0. The summed E-state index contributed by atoms with van der Waals surface area (Å²) in [6.07, 6.45) is 0. The van der Waals surface area contributed by atoms with Crippen LogP contribution >= 0.6 is 11.8 Å². The predicted octanol–water partition coefficient (Wildman–Crippen LogP) is 12.4. The second-order valence-corrected chi connectivity index (χ2v) is 53.6. The Bertz CT molecular complexity index is 1040. The molecule has 0 aliphatic rings. The van der Waals surface area contributed by atoms with Crippen LogP contribution in [0.25, 0.3) is 0 Å². The first-order chi connectivity index (χ1) is 17.7. The fourth-order valence-corrected chi connectivity index (χ4v) is 48.5. The van der Waals surface area contributed by atoms with Gasteiger partial charge < -0.3 is 0 Å². The molecule has 0 heterocycles. The topological polar surface area (TPSA) is 0 Å². The van der Waals surface area contributed by atoms with E-state index in [9.17, 15) is 0 Å². The highest BCUT2D eigenvalue weighted by Crippen LogP contribution is 2.50. The van der Waals surface area contributed by atoms with E-state index in [1.807, 2.05) is 0 Å². The average Bonchev–Trinajstić information content (AvgIpc) is 2.64. The molecule has 2 aromatic carbocycles. The molecular weight excluding hydrogens is 597 g/mol. The van der Waals surface area contributed by atoms with E-state index in [4.69, 9.17) is 0 Å². The molecule has 0 N–H and O–H groups in total. The Hall–Kier alpha value is 0.0913. The number of rotatable bonds is 11. The Balaban J connectivity index is 3.26. The molecule has 0 fully saturated rings. The zero-order chi connectivity index (χ0) is 31.3. The van der Waals surface area contributed by atoms with E-state index in [-0.39, 0.29) is 0 Å². The van der Waals surface area contributed by atoms with Gasteiger partial charge in [-0.3, -0.25) is 0 Å². The summed E-state index contributed by atoms with van der Waals surface area (Å²) in [4.78, 5) is 3.06. The molecule has 0 unspecified atom stereocenters. The maximum atomic E-state index is 2.82. The Morgan fingerprint density at radius 2 is 0.725 bits per heavy atom. The van der Waals surface area contributed by atoms with Gasteiger partial charge >= 0.3 is 0 Å². The molecule has 0 amide bonds. The van der Waals surface area contributed by atoms with Crippen LogP contribution in [0.15, 0.2) is 52.3 Å². The molecule has 0 radical (unpaired) electrons. The smallest absolute Gasteiger partial charge is 0.0493 e. The minimum atomic E-state index is -1.52. The molecule has 0 saturated heterocycles. The van der Waals surface area contributed by atoms with Crippen molar-refractivity contribution in [3.8, 4) is 0 Å². The molecule has 0 saturated carbocycles. The van der Waals surface area contributed by atoms with Gasteiger partial charge in [0.15, 0.2) is 0 Å². The van der Waals surface area contributed by atoms with Gasteiger partial charge in [-0.2, -0.15) is 0 Å². The van der Waals surface area contributed by atoms with Gasteiger partial charge in [-0.25, -0.2) is 0 Å². The maximum Gasteiger partial charge on any atom is 0.0493 e. The highest BCUT2D eigenvalue weighted by Gasteiger charge is 2.46. The Labute approximate surface area is 261 Å². The lowest BCUT2D eigenvalue weighted by molar-refractivity contribution is 1.01. The Morgan fingerprint density at radius 1 is 0.425 bits per heavy atom. The normalized spacial score (nSPS) is 14.5. The van der Waals surface area contributed by atoms with Gasteiger partial charge in [-0.05, 0) is 44.3 Å². The summed E-state index contributed by atoms with van der Waals surface area (Å²) in [7, 11) is -8.97. The molecular formula is C33H64SSi6. The van der Waals surface area contributed by atoms with E-state index >= 15 is 0 Å². The van der Waals surface area contributed by atoms with Crippen molar-refractivity contribution >= 4 is 60.2 Å². The molecule has 0 spiro atoms. The van der Waals surface area contributed by atoms with Gasteiger partial charge in [0.2, 0.25) is 0 Å². The van der Waals surface area contributed by atoms with Gasteiger partial charge in [-0.1, -0.05) is 160 Å². The molecule has 0 aromatic heterocycles. The minimum Gasteiger partial charge on any atom is -0.0895 e. The Morgan fingerprint density at radius 3 is 1.00 bits per heavy atom. The van der Waals surface area contributed by atoms with Crippen LogP contribution in [0.4, 0.5) is 0 Å². The molecule has 2 rings (SSSR count). The van der Waals surface area contributed by atoms with Crippen LogP contribution in [0.3, 0.4) is 0 Å². The lowest BCUT2D eigenvalue weighted by Gasteiger charge is -2.45. The van der Waals surface area contributed by atoms with Crippen LogP contribution in [0, 0.1) is 0 Å². The summed E-state index contributed by atoms with van der Waals surface area (Å²) in [6, 6.07) is 17.0. The zero-order valence-electron chi connectivity index (χ0n) is 29.7. The van der Waals surface area contributed by atoms with E-state index in [0.29, 0.717) is 0 Å². The third-order valence-corrected chi connectivity index (χ3v) is 37.4. The summed E-state index contributed by atoms with van der Waals surface area (Å²) >= 11 is 2.11. The van der Waals surface area contributed by atoms with Crippen LogP contribution in [0.5, 0.6) is 0 Å². The zero-order valence-corrected chi connectivity index (χ0v) is 36.5. The summed E-state index contributed by atoms with van der Waals surface area (Å²) in [6.45, 7) is 47.7. The first-order valence-electron chi connectivity index (χ1n) is 15.6. The van der Waals surface area contributed by atoms with Gasteiger partial charge in [0, 0.05) is 58.2 Å². The summed E-state index contributed by atoms with van der Waals surface area (Å²) in [5.74, 6) is 0. The van der Waals surface area contributed by atoms with Crippen molar-refractivity contribution in [1.29, 1.82) is 0 Å². The van der Waals surface area contributed by atoms with Crippen LogP contribution < -0.4 is 0 Å². The Kier molecular flexibility index (Phi) is 11.1. The quantitative estimate of drug-likeness (QED) is 0.216. The molecule has 0 nitrogen and oxygen atoms in total. The van der Waals surface area contributed by atoms with Crippen LogP contribution in [-0.2, 0) is 0 Å². The molecule has 7 heteroatoms. The van der Waals surface area contributed by atoms with Crippen molar-refractivity contribution < 1.29 is 0 Å². The summed E-state index contributed by atoms with van der Waals surface area (Å²) < 4.78 is 0.